The zero-order chi connectivity index (χ0) is 26.9. The highest BCUT2D eigenvalue weighted by Crippen LogP contribution is 2.30. The van der Waals surface area contributed by atoms with E-state index >= 15 is 0 Å². The third kappa shape index (κ3) is 6.98. The number of nitrogens with zero attached hydrogens (tertiary/aromatic N) is 1. The van der Waals surface area contributed by atoms with Gasteiger partial charge in [-0.25, -0.2) is 10.2 Å². The number of methoxy groups -OCH3 is 3. The Morgan fingerprint density at radius 3 is 2.05 bits per heavy atom. The molecule has 2 amide bonds. The van der Waals surface area contributed by atoms with Gasteiger partial charge < -0.3 is 24.3 Å². The van der Waals surface area contributed by atoms with Crippen molar-refractivity contribution in [2.45, 2.75) is 6.92 Å². The fourth-order valence-electron chi connectivity index (χ4n) is 3.06. The molecule has 0 radical (unpaired) electrons. The van der Waals surface area contributed by atoms with Gasteiger partial charge in [-0.1, -0.05) is 11.6 Å². The molecule has 37 heavy (non-hydrogen) atoms. The van der Waals surface area contributed by atoms with Gasteiger partial charge in [0, 0.05) is 16.7 Å². The number of rotatable bonds is 8. The van der Waals surface area contributed by atoms with Crippen LogP contribution in [0.3, 0.4) is 0 Å². The molecule has 2 N–H and O–H groups in total. The summed E-state index contributed by atoms with van der Waals surface area (Å²) in [5.74, 6) is -1.25. The molecule has 3 rings (SSSR count). The highest BCUT2D eigenvalue weighted by atomic mass is 35.5. The molecular weight excluding hydrogens is 502 g/mol. The summed E-state index contributed by atoms with van der Waals surface area (Å²) in [6.45, 7) is 1.62. The number of hydrazone groups is 1. The molecule has 0 unspecified atom stereocenters. The lowest BCUT2D eigenvalue weighted by Crippen LogP contribution is -2.33. The van der Waals surface area contributed by atoms with Crippen LogP contribution in [-0.2, 0) is 9.59 Å². The van der Waals surface area contributed by atoms with Crippen LogP contribution >= 0.6 is 11.6 Å². The van der Waals surface area contributed by atoms with Gasteiger partial charge in [-0.15, -0.1) is 0 Å². The molecule has 0 heterocycles. The topological polar surface area (TPSA) is 125 Å². The Hall–Kier alpha value is -4.57. The Bertz CT molecular complexity index is 1340. The van der Waals surface area contributed by atoms with E-state index in [1.54, 1.807) is 55.5 Å². The van der Waals surface area contributed by atoms with Crippen LogP contribution < -0.4 is 29.7 Å². The summed E-state index contributed by atoms with van der Waals surface area (Å²) >= 11 is 5.85. The summed E-state index contributed by atoms with van der Waals surface area (Å²) in [6.07, 6.45) is 0. The van der Waals surface area contributed by atoms with Crippen molar-refractivity contribution in [2.75, 3.05) is 26.6 Å². The van der Waals surface area contributed by atoms with E-state index in [2.05, 4.69) is 15.8 Å². The van der Waals surface area contributed by atoms with Gasteiger partial charge >= 0.3 is 17.8 Å². The van der Waals surface area contributed by atoms with Crippen molar-refractivity contribution >= 4 is 40.8 Å². The molecule has 0 aliphatic rings. The first-order chi connectivity index (χ1) is 17.7. The van der Waals surface area contributed by atoms with Crippen LogP contribution in [0.25, 0.3) is 0 Å². The third-order valence-electron chi connectivity index (χ3n) is 5.05. The molecule has 0 atom stereocenters. The highest BCUT2D eigenvalue weighted by molar-refractivity contribution is 6.39. The largest absolute Gasteiger partial charge is 0.497 e. The van der Waals surface area contributed by atoms with E-state index in [0.717, 1.165) is 0 Å². The Morgan fingerprint density at radius 2 is 1.41 bits per heavy atom. The second-order valence-corrected chi connectivity index (χ2v) is 7.86. The number of amides is 2. The normalized spacial score (nSPS) is 10.8. The zero-order valence-electron chi connectivity index (χ0n) is 20.5. The van der Waals surface area contributed by atoms with E-state index in [9.17, 15) is 14.4 Å². The number of carbonyl (C=O) groups is 3. The Kier molecular flexibility index (Phi) is 9.06. The fourth-order valence-corrected chi connectivity index (χ4v) is 3.19. The maximum Gasteiger partial charge on any atom is 0.343 e. The monoisotopic (exact) mass is 525 g/mol. The zero-order valence-corrected chi connectivity index (χ0v) is 21.2. The van der Waals surface area contributed by atoms with Crippen molar-refractivity contribution in [1.29, 1.82) is 0 Å². The molecule has 11 heteroatoms. The number of halogens is 1. The molecule has 192 valence electrons. The van der Waals surface area contributed by atoms with Gasteiger partial charge in [-0.05, 0) is 61.5 Å². The summed E-state index contributed by atoms with van der Waals surface area (Å²) in [6, 6.07) is 15.8. The Morgan fingerprint density at radius 1 is 0.757 bits per heavy atom. The molecule has 0 saturated heterocycles. The van der Waals surface area contributed by atoms with Crippen molar-refractivity contribution in [3.63, 3.8) is 0 Å². The van der Waals surface area contributed by atoms with Crippen LogP contribution in [0.15, 0.2) is 65.8 Å². The first-order valence-corrected chi connectivity index (χ1v) is 11.2. The number of nitrogens with one attached hydrogen (secondary N) is 2. The summed E-state index contributed by atoms with van der Waals surface area (Å²) in [7, 11) is 4.33. The van der Waals surface area contributed by atoms with E-state index in [1.807, 2.05) is 0 Å². The summed E-state index contributed by atoms with van der Waals surface area (Å²) in [4.78, 5) is 37.1. The predicted octanol–water partition coefficient (Wildman–Crippen LogP) is 4.06. The van der Waals surface area contributed by atoms with Gasteiger partial charge in [0.15, 0.2) is 11.5 Å². The Labute approximate surface area is 218 Å². The van der Waals surface area contributed by atoms with E-state index < -0.39 is 17.8 Å². The van der Waals surface area contributed by atoms with Gasteiger partial charge in [-0.2, -0.15) is 5.10 Å². The van der Waals surface area contributed by atoms with Gasteiger partial charge in [0.1, 0.15) is 11.5 Å². The Balaban J connectivity index is 1.68. The molecule has 10 nitrogen and oxygen atoms in total. The van der Waals surface area contributed by atoms with Crippen LogP contribution in [0.1, 0.15) is 22.8 Å². The number of carbonyl (C=O) groups excluding carboxylic acids is 3. The second kappa shape index (κ2) is 12.4. The standard InChI is InChI=1S/C26H24ClN3O7/c1-15(29-30-25(32)24(31)28-20-14-19(34-2)10-12-21(20)35-3)17-7-11-22(23(13-17)36-4)37-26(33)16-5-8-18(27)9-6-16/h5-14H,1-4H3,(H,28,31)(H,30,32)/b29-15+. The van der Waals surface area contributed by atoms with Crippen molar-refractivity contribution in [1.82, 2.24) is 5.43 Å². The number of benzene rings is 3. The molecule has 0 aromatic heterocycles. The SMILES string of the molecule is COc1ccc(OC)c(NC(=O)C(=O)N/N=C(\C)c2ccc(OC(=O)c3ccc(Cl)cc3)c(OC)c2)c1. The van der Waals surface area contributed by atoms with Gasteiger partial charge in [0.05, 0.1) is 38.3 Å². The maximum atomic E-state index is 12.4. The summed E-state index contributed by atoms with van der Waals surface area (Å²) in [5, 5.41) is 6.94. The lowest BCUT2D eigenvalue weighted by molar-refractivity contribution is -0.136. The minimum absolute atomic E-state index is 0.189. The van der Waals surface area contributed by atoms with Crippen LogP contribution in [0.4, 0.5) is 5.69 Å². The molecule has 0 saturated carbocycles. The van der Waals surface area contributed by atoms with Gasteiger partial charge in [-0.3, -0.25) is 9.59 Å². The van der Waals surface area contributed by atoms with Gasteiger partial charge in [0.2, 0.25) is 0 Å². The van der Waals surface area contributed by atoms with Crippen LogP contribution in [0.2, 0.25) is 5.02 Å². The van der Waals surface area contributed by atoms with Crippen LogP contribution in [0.5, 0.6) is 23.0 Å². The van der Waals surface area contributed by atoms with Gasteiger partial charge in [0.25, 0.3) is 0 Å². The van der Waals surface area contributed by atoms with Crippen molar-refractivity contribution < 1.29 is 33.3 Å². The minimum Gasteiger partial charge on any atom is -0.497 e. The molecule has 0 aliphatic carbocycles. The van der Waals surface area contributed by atoms with Crippen molar-refractivity contribution in [3.8, 4) is 23.0 Å². The van der Waals surface area contributed by atoms with Crippen LogP contribution in [0, 0.1) is 0 Å². The lowest BCUT2D eigenvalue weighted by Gasteiger charge is -2.12. The number of hydrogen-bond acceptors (Lipinski definition) is 8. The van der Waals surface area contributed by atoms with E-state index in [1.165, 1.54) is 33.5 Å². The first-order valence-electron chi connectivity index (χ1n) is 10.8. The molecular formula is C26H24ClN3O7. The highest BCUT2D eigenvalue weighted by Gasteiger charge is 2.17. The maximum absolute atomic E-state index is 12.4. The third-order valence-corrected chi connectivity index (χ3v) is 5.30. The van der Waals surface area contributed by atoms with E-state index in [4.69, 9.17) is 30.5 Å². The van der Waals surface area contributed by atoms with E-state index in [-0.39, 0.29) is 17.2 Å². The molecule has 0 fully saturated rings. The predicted molar refractivity (Wildman–Crippen MR) is 138 cm³/mol. The number of anilines is 1. The number of esters is 1. The smallest absolute Gasteiger partial charge is 0.343 e. The molecule has 3 aromatic carbocycles. The van der Waals surface area contributed by atoms with E-state index in [0.29, 0.717) is 33.4 Å². The fraction of sp³-hybridized carbons (Fsp3) is 0.154. The summed E-state index contributed by atoms with van der Waals surface area (Å²) < 4.78 is 21.1. The number of hydrogen-bond donors (Lipinski definition) is 2. The summed E-state index contributed by atoms with van der Waals surface area (Å²) in [5.41, 5.74) is 3.71. The molecule has 3 aromatic rings. The van der Waals surface area contributed by atoms with Crippen LogP contribution in [-0.4, -0.2) is 44.8 Å². The first kappa shape index (κ1) is 27.0. The quantitative estimate of drug-likeness (QED) is 0.149. The molecule has 0 bridgehead atoms. The second-order valence-electron chi connectivity index (χ2n) is 7.42. The van der Waals surface area contributed by atoms with Crippen molar-refractivity contribution in [3.05, 3.63) is 76.8 Å². The molecule has 0 aliphatic heterocycles. The average Bonchev–Trinajstić information content (AvgIpc) is 2.91. The lowest BCUT2D eigenvalue weighted by atomic mass is 10.1. The number of ether oxygens (including phenoxy) is 4. The van der Waals surface area contributed by atoms with Crippen molar-refractivity contribution in [2.24, 2.45) is 5.10 Å². The molecule has 0 spiro atoms. The minimum atomic E-state index is -0.996. The average molecular weight is 526 g/mol.